The van der Waals surface area contributed by atoms with Crippen LogP contribution in [0.2, 0.25) is 0 Å². The van der Waals surface area contributed by atoms with Gasteiger partial charge >= 0.3 is 18.9 Å². The van der Waals surface area contributed by atoms with E-state index in [0.29, 0.717) is 12.1 Å². The molecule has 0 amide bonds. The van der Waals surface area contributed by atoms with E-state index in [9.17, 15) is 26.7 Å². The third-order valence-electron chi connectivity index (χ3n) is 2.07. The van der Waals surface area contributed by atoms with E-state index >= 15 is 0 Å². The van der Waals surface area contributed by atoms with Gasteiger partial charge in [0, 0.05) is 0 Å². The summed E-state index contributed by atoms with van der Waals surface area (Å²) in [5, 5.41) is 8.81. The highest BCUT2D eigenvalue weighted by Gasteiger charge is 2.34. The van der Waals surface area contributed by atoms with Crippen molar-refractivity contribution in [1.82, 2.24) is 0 Å². The van der Waals surface area contributed by atoms with Crippen LogP contribution in [0.1, 0.15) is 15.9 Å². The van der Waals surface area contributed by atoms with Crippen LogP contribution in [0.25, 0.3) is 0 Å². The van der Waals surface area contributed by atoms with Crippen LogP contribution in [0, 0.1) is 11.3 Å². The largest absolute Gasteiger partial charge is 0.573 e. The fourth-order valence-electron chi connectivity index (χ4n) is 1.36. The van der Waals surface area contributed by atoms with Crippen molar-refractivity contribution >= 4 is 5.97 Å². The fourth-order valence-corrected chi connectivity index (χ4v) is 1.36. The van der Waals surface area contributed by atoms with Crippen molar-refractivity contribution in [2.45, 2.75) is 13.0 Å². The second kappa shape index (κ2) is 6.25. The van der Waals surface area contributed by atoms with Crippen LogP contribution in [0.15, 0.2) is 12.1 Å². The molecule has 0 aliphatic carbocycles. The first kappa shape index (κ1) is 16.5. The normalized spacial score (nSPS) is 11.0. The summed E-state index contributed by atoms with van der Waals surface area (Å²) in [6.45, 7) is -3.47. The first-order valence-electron chi connectivity index (χ1n) is 5.05. The maximum Gasteiger partial charge on any atom is 0.573 e. The van der Waals surface area contributed by atoms with Gasteiger partial charge in [-0.25, -0.2) is 4.79 Å². The van der Waals surface area contributed by atoms with Crippen LogP contribution >= 0.6 is 0 Å². The highest BCUT2D eigenvalue weighted by Crippen LogP contribution is 2.36. The molecule has 0 saturated carbocycles. The van der Waals surface area contributed by atoms with Crippen molar-refractivity contribution < 1.29 is 41.0 Å². The molecule has 21 heavy (non-hydrogen) atoms. The molecule has 0 fully saturated rings. The molecule has 0 aromatic heterocycles. The van der Waals surface area contributed by atoms with Gasteiger partial charge in [0.15, 0.2) is 11.5 Å². The number of methoxy groups -OCH3 is 1. The lowest BCUT2D eigenvalue weighted by molar-refractivity contribution is -0.274. The SMILES string of the molecule is COC(=O)c1ccc(OC(F)(F)F)c(C#N)c1OC(F)F. The molecule has 0 aliphatic rings. The Labute approximate surface area is 114 Å². The quantitative estimate of drug-likeness (QED) is 0.632. The van der Waals surface area contributed by atoms with E-state index in [1.807, 2.05) is 0 Å². The minimum Gasteiger partial charge on any atom is -0.465 e. The van der Waals surface area contributed by atoms with E-state index in [4.69, 9.17) is 5.26 Å². The summed E-state index contributed by atoms with van der Waals surface area (Å²) in [5.41, 5.74) is -1.64. The van der Waals surface area contributed by atoms with Crippen molar-refractivity contribution in [3.63, 3.8) is 0 Å². The Morgan fingerprint density at radius 3 is 2.38 bits per heavy atom. The molecule has 0 aliphatic heterocycles. The third kappa shape index (κ3) is 4.20. The van der Waals surface area contributed by atoms with E-state index in [0.717, 1.165) is 7.11 Å². The average molecular weight is 311 g/mol. The van der Waals surface area contributed by atoms with E-state index in [-0.39, 0.29) is 0 Å². The number of nitriles is 1. The molecule has 10 heteroatoms. The smallest absolute Gasteiger partial charge is 0.465 e. The molecule has 114 valence electrons. The Bertz CT molecular complexity index is 579. The number of ether oxygens (including phenoxy) is 3. The zero-order chi connectivity index (χ0) is 16.2. The molecule has 0 saturated heterocycles. The van der Waals surface area contributed by atoms with Crippen LogP contribution in [0.3, 0.4) is 0 Å². The topological polar surface area (TPSA) is 68.5 Å². The third-order valence-corrected chi connectivity index (χ3v) is 2.07. The monoisotopic (exact) mass is 311 g/mol. The van der Waals surface area contributed by atoms with Gasteiger partial charge in [-0.3, -0.25) is 0 Å². The fraction of sp³-hybridized carbons (Fsp3) is 0.273. The maximum absolute atomic E-state index is 12.3. The number of halogens is 5. The Morgan fingerprint density at radius 2 is 1.95 bits per heavy atom. The molecule has 1 rings (SSSR count). The van der Waals surface area contributed by atoms with Gasteiger partial charge in [0.25, 0.3) is 0 Å². The van der Waals surface area contributed by atoms with Crippen LogP contribution in [0.5, 0.6) is 11.5 Å². The van der Waals surface area contributed by atoms with Crippen molar-refractivity contribution in [2.75, 3.05) is 7.11 Å². The lowest BCUT2D eigenvalue weighted by atomic mass is 10.1. The number of rotatable bonds is 4. The minimum absolute atomic E-state index is 0.622. The number of alkyl halides is 5. The summed E-state index contributed by atoms with van der Waals surface area (Å²) < 4.78 is 72.8. The molecule has 1 aromatic carbocycles. The zero-order valence-corrected chi connectivity index (χ0v) is 10.2. The molecule has 0 spiro atoms. The van der Waals surface area contributed by atoms with Crippen molar-refractivity contribution in [3.05, 3.63) is 23.3 Å². The van der Waals surface area contributed by atoms with Crippen molar-refractivity contribution in [1.29, 1.82) is 5.26 Å². The molecule has 0 bridgehead atoms. The lowest BCUT2D eigenvalue weighted by Gasteiger charge is -2.15. The number of hydrogen-bond donors (Lipinski definition) is 0. The molecule has 0 heterocycles. The summed E-state index contributed by atoms with van der Waals surface area (Å²) in [6, 6.07) is 2.56. The molecule has 0 N–H and O–H groups in total. The Hall–Kier alpha value is -2.57. The molecule has 0 unspecified atom stereocenters. The second-order valence-electron chi connectivity index (χ2n) is 3.35. The number of benzene rings is 1. The Morgan fingerprint density at radius 1 is 1.33 bits per heavy atom. The standard InChI is InChI=1S/C11H6F5NO4/c1-19-9(18)5-2-3-7(21-11(14,15)16)6(4-17)8(5)20-10(12)13/h2-3,10H,1H3. The predicted molar refractivity (Wildman–Crippen MR) is 55.8 cm³/mol. The van der Waals surface area contributed by atoms with Gasteiger partial charge in [0.1, 0.15) is 17.2 Å². The van der Waals surface area contributed by atoms with E-state index in [1.54, 1.807) is 0 Å². The second-order valence-corrected chi connectivity index (χ2v) is 3.35. The first-order valence-corrected chi connectivity index (χ1v) is 5.05. The summed E-state index contributed by atoms with van der Waals surface area (Å²) in [7, 11) is 0.917. The van der Waals surface area contributed by atoms with Gasteiger partial charge in [-0.05, 0) is 12.1 Å². The maximum atomic E-state index is 12.3. The van der Waals surface area contributed by atoms with Crippen molar-refractivity contribution in [2.24, 2.45) is 0 Å². The van der Waals surface area contributed by atoms with Gasteiger partial charge in [-0.15, -0.1) is 13.2 Å². The Kier molecular flexibility index (Phi) is 4.91. The molecular formula is C11H6F5NO4. The molecule has 1 aromatic rings. The highest BCUT2D eigenvalue weighted by atomic mass is 19.4. The summed E-state index contributed by atoms with van der Waals surface area (Å²) >= 11 is 0. The van der Waals surface area contributed by atoms with Gasteiger partial charge in [-0.1, -0.05) is 0 Å². The summed E-state index contributed by atoms with van der Waals surface area (Å²) in [5.74, 6) is -3.30. The van der Waals surface area contributed by atoms with Crippen LogP contribution in [-0.2, 0) is 4.74 Å². The number of hydrogen-bond acceptors (Lipinski definition) is 5. The number of esters is 1. The molecule has 5 nitrogen and oxygen atoms in total. The van der Waals surface area contributed by atoms with Gasteiger partial charge in [-0.2, -0.15) is 14.0 Å². The molecular weight excluding hydrogens is 305 g/mol. The van der Waals surface area contributed by atoms with Crippen LogP contribution in [0.4, 0.5) is 22.0 Å². The summed E-state index contributed by atoms with van der Waals surface area (Å²) in [6.07, 6.45) is -5.15. The highest BCUT2D eigenvalue weighted by molar-refractivity contribution is 5.94. The summed E-state index contributed by atoms with van der Waals surface area (Å²) in [4.78, 5) is 11.4. The molecule has 0 atom stereocenters. The lowest BCUT2D eigenvalue weighted by Crippen LogP contribution is -2.19. The first-order chi connectivity index (χ1) is 9.69. The molecule has 0 radical (unpaired) electrons. The van der Waals surface area contributed by atoms with Gasteiger partial charge in [0.2, 0.25) is 0 Å². The van der Waals surface area contributed by atoms with E-state index in [2.05, 4.69) is 14.2 Å². The Balaban J connectivity index is 3.46. The van der Waals surface area contributed by atoms with Crippen LogP contribution < -0.4 is 9.47 Å². The van der Waals surface area contributed by atoms with Gasteiger partial charge in [0.05, 0.1) is 7.11 Å². The van der Waals surface area contributed by atoms with Crippen LogP contribution in [-0.4, -0.2) is 26.1 Å². The zero-order valence-electron chi connectivity index (χ0n) is 10.2. The minimum atomic E-state index is -5.15. The number of nitrogens with zero attached hydrogens (tertiary/aromatic N) is 1. The predicted octanol–water partition coefficient (Wildman–Crippen LogP) is 2.84. The number of carbonyl (C=O) groups excluding carboxylic acids is 1. The number of carbonyl (C=O) groups is 1. The van der Waals surface area contributed by atoms with Crippen molar-refractivity contribution in [3.8, 4) is 17.6 Å². The van der Waals surface area contributed by atoms with E-state index in [1.165, 1.54) is 6.07 Å². The van der Waals surface area contributed by atoms with Gasteiger partial charge < -0.3 is 14.2 Å². The average Bonchev–Trinajstić information content (AvgIpc) is 2.36. The van der Waals surface area contributed by atoms with E-state index < -0.39 is 41.6 Å².